The average molecular weight is 334 g/mol. The Kier molecular flexibility index (Phi) is 4.89. The van der Waals surface area contributed by atoms with Crippen molar-refractivity contribution >= 4 is 11.6 Å². The molecule has 7 heteroatoms. The van der Waals surface area contributed by atoms with Crippen molar-refractivity contribution in [1.82, 2.24) is 14.7 Å². The number of hydrogen-bond donors (Lipinski definition) is 1. The zero-order chi connectivity index (χ0) is 17.1. The number of rotatable bonds is 6. The van der Waals surface area contributed by atoms with Gasteiger partial charge in [-0.3, -0.25) is 14.4 Å². The van der Waals surface area contributed by atoms with E-state index in [1.807, 2.05) is 37.3 Å². The Morgan fingerprint density at radius 3 is 2.71 bits per heavy atom. The lowest BCUT2D eigenvalue weighted by Gasteiger charge is -2.37. The monoisotopic (exact) mass is 334 g/mol. The first-order valence-electron chi connectivity index (χ1n) is 7.93. The van der Waals surface area contributed by atoms with Crippen LogP contribution in [0.25, 0.3) is 0 Å². The highest BCUT2D eigenvalue weighted by molar-refractivity contribution is 5.93. The van der Waals surface area contributed by atoms with Crippen LogP contribution in [0.1, 0.15) is 18.5 Å². The number of carbonyl (C=O) groups is 1. The summed E-state index contributed by atoms with van der Waals surface area (Å²) in [5, 5.41) is 7.10. The minimum atomic E-state index is -2.35. The Balaban J connectivity index is 1.54. The lowest BCUT2D eigenvalue weighted by atomic mass is 9.99. The zero-order valence-electron chi connectivity index (χ0n) is 13.4. The number of halogens is 2. The molecule has 1 aliphatic rings. The second kappa shape index (κ2) is 7.09. The van der Waals surface area contributed by atoms with Gasteiger partial charge in [0, 0.05) is 19.3 Å². The lowest BCUT2D eigenvalue weighted by molar-refractivity contribution is -0.125. The molecule has 1 aromatic carbocycles. The molecule has 0 spiro atoms. The smallest absolute Gasteiger partial charge is 0.251 e. The molecule has 2 aromatic rings. The summed E-state index contributed by atoms with van der Waals surface area (Å²) in [7, 11) is 0. The molecular weight excluding hydrogens is 314 g/mol. The summed E-state index contributed by atoms with van der Waals surface area (Å²) in [6, 6.07) is 10.0. The summed E-state index contributed by atoms with van der Waals surface area (Å²) in [6.07, 6.45) is 1.03. The highest BCUT2D eigenvalue weighted by Crippen LogP contribution is 2.21. The maximum Gasteiger partial charge on any atom is 0.251 e. The van der Waals surface area contributed by atoms with Crippen molar-refractivity contribution in [2.75, 3.05) is 25.0 Å². The molecular formula is C17H20F2N4O. The van der Waals surface area contributed by atoms with Crippen molar-refractivity contribution in [3.8, 4) is 0 Å². The highest BCUT2D eigenvalue weighted by atomic mass is 19.3. The highest BCUT2D eigenvalue weighted by Gasteiger charge is 2.33. The second-order valence-corrected chi connectivity index (χ2v) is 6.09. The minimum absolute atomic E-state index is 0.0575. The molecule has 0 radical (unpaired) electrons. The van der Waals surface area contributed by atoms with Crippen LogP contribution < -0.4 is 5.32 Å². The van der Waals surface area contributed by atoms with Gasteiger partial charge < -0.3 is 5.32 Å². The third kappa shape index (κ3) is 3.79. The van der Waals surface area contributed by atoms with Crippen molar-refractivity contribution in [2.45, 2.75) is 19.4 Å². The number of carbonyl (C=O) groups excluding carboxylic acids is 1. The van der Waals surface area contributed by atoms with Crippen molar-refractivity contribution in [3.05, 3.63) is 48.3 Å². The summed E-state index contributed by atoms with van der Waals surface area (Å²) in [5.41, 5.74) is 1.75. The molecule has 0 aliphatic carbocycles. The van der Waals surface area contributed by atoms with E-state index >= 15 is 0 Å². The van der Waals surface area contributed by atoms with E-state index in [-0.39, 0.29) is 24.4 Å². The first-order chi connectivity index (χ1) is 11.5. The number of anilines is 1. The van der Waals surface area contributed by atoms with Gasteiger partial charge in [0.25, 0.3) is 6.43 Å². The minimum Gasteiger partial charge on any atom is -0.323 e. The van der Waals surface area contributed by atoms with Gasteiger partial charge in [-0.05, 0) is 12.5 Å². The van der Waals surface area contributed by atoms with Gasteiger partial charge in [-0.2, -0.15) is 5.10 Å². The number of likely N-dealkylation sites (tertiary alicyclic amines) is 1. The van der Waals surface area contributed by atoms with E-state index in [2.05, 4.69) is 10.4 Å². The number of alkyl halides is 2. The van der Waals surface area contributed by atoms with E-state index in [1.165, 1.54) is 0 Å². The third-order valence-electron chi connectivity index (χ3n) is 4.27. The van der Waals surface area contributed by atoms with Crippen LogP contribution in [0.2, 0.25) is 0 Å². The molecule has 1 fully saturated rings. The zero-order valence-corrected chi connectivity index (χ0v) is 13.4. The lowest BCUT2D eigenvalue weighted by Crippen LogP contribution is -2.53. The molecule has 1 N–H and O–H groups in total. The number of nitrogens with zero attached hydrogens (tertiary/aromatic N) is 3. The van der Waals surface area contributed by atoms with Crippen LogP contribution in [0.5, 0.6) is 0 Å². The summed E-state index contributed by atoms with van der Waals surface area (Å²) in [6.45, 7) is 2.52. The molecule has 1 saturated heterocycles. The van der Waals surface area contributed by atoms with E-state index in [0.717, 1.165) is 5.56 Å². The number of benzene rings is 1. The van der Waals surface area contributed by atoms with E-state index in [0.29, 0.717) is 18.8 Å². The van der Waals surface area contributed by atoms with E-state index in [9.17, 15) is 13.6 Å². The van der Waals surface area contributed by atoms with Gasteiger partial charge in [0.05, 0.1) is 30.4 Å². The third-order valence-corrected chi connectivity index (χ3v) is 4.27. The molecule has 3 rings (SSSR count). The second-order valence-electron chi connectivity index (χ2n) is 6.09. The Hall–Kier alpha value is -2.28. The fourth-order valence-corrected chi connectivity index (χ4v) is 2.82. The van der Waals surface area contributed by atoms with Crippen molar-refractivity contribution < 1.29 is 13.6 Å². The SMILES string of the molecule is CC(c1ccccc1)n1cc(NC(=O)C2CN(CC(F)F)C2)cn1. The van der Waals surface area contributed by atoms with Gasteiger partial charge >= 0.3 is 0 Å². The quantitative estimate of drug-likeness (QED) is 0.883. The molecule has 1 atom stereocenters. The van der Waals surface area contributed by atoms with E-state index in [1.54, 1.807) is 22.0 Å². The van der Waals surface area contributed by atoms with Crippen molar-refractivity contribution in [2.24, 2.45) is 5.92 Å². The number of aromatic nitrogens is 2. The predicted octanol–water partition coefficient (Wildman–Crippen LogP) is 2.63. The predicted molar refractivity (Wildman–Crippen MR) is 87.0 cm³/mol. The molecule has 0 saturated carbocycles. The standard InChI is InChI=1S/C17H20F2N4O/c1-12(13-5-3-2-4-6-13)23-10-15(7-20-23)21-17(24)14-8-22(9-14)11-16(18)19/h2-7,10,12,14,16H,8-9,11H2,1H3,(H,21,24). The fraction of sp³-hybridized carbons (Fsp3) is 0.412. The van der Waals surface area contributed by atoms with Crippen LogP contribution in [0, 0.1) is 5.92 Å². The number of amides is 1. The molecule has 5 nitrogen and oxygen atoms in total. The first kappa shape index (κ1) is 16.6. The molecule has 1 aliphatic heterocycles. The van der Waals surface area contributed by atoms with Crippen LogP contribution in [-0.4, -0.2) is 46.6 Å². The van der Waals surface area contributed by atoms with Crippen molar-refractivity contribution in [3.63, 3.8) is 0 Å². The van der Waals surface area contributed by atoms with Crippen molar-refractivity contribution in [1.29, 1.82) is 0 Å². The summed E-state index contributed by atoms with van der Waals surface area (Å²) >= 11 is 0. The van der Waals surface area contributed by atoms with Gasteiger partial charge in [-0.15, -0.1) is 0 Å². The summed E-state index contributed by atoms with van der Waals surface area (Å²) in [5.74, 6) is -0.383. The van der Waals surface area contributed by atoms with Crippen LogP contribution in [0.3, 0.4) is 0 Å². The number of nitrogens with one attached hydrogen (secondary N) is 1. The van der Waals surface area contributed by atoms with Gasteiger partial charge in [0.2, 0.25) is 5.91 Å². The van der Waals surface area contributed by atoms with Crippen LogP contribution in [0.4, 0.5) is 14.5 Å². The normalized spacial score (nSPS) is 16.8. The Labute approximate surface area is 139 Å². The average Bonchev–Trinajstić information content (AvgIpc) is 2.98. The molecule has 128 valence electrons. The molecule has 1 aromatic heterocycles. The van der Waals surface area contributed by atoms with Gasteiger partial charge in [-0.25, -0.2) is 8.78 Å². The largest absolute Gasteiger partial charge is 0.323 e. The Morgan fingerprint density at radius 2 is 2.04 bits per heavy atom. The Morgan fingerprint density at radius 1 is 1.33 bits per heavy atom. The van der Waals surface area contributed by atoms with Crippen LogP contribution >= 0.6 is 0 Å². The number of hydrogen-bond acceptors (Lipinski definition) is 3. The summed E-state index contributed by atoms with van der Waals surface area (Å²) in [4.78, 5) is 13.7. The van der Waals surface area contributed by atoms with Crippen LogP contribution in [-0.2, 0) is 4.79 Å². The first-order valence-corrected chi connectivity index (χ1v) is 7.93. The maximum absolute atomic E-state index is 12.2. The van der Waals surface area contributed by atoms with E-state index in [4.69, 9.17) is 0 Å². The molecule has 1 amide bonds. The molecule has 2 heterocycles. The molecule has 24 heavy (non-hydrogen) atoms. The van der Waals surface area contributed by atoms with Gasteiger partial charge in [-0.1, -0.05) is 30.3 Å². The molecule has 1 unspecified atom stereocenters. The Bertz CT molecular complexity index is 683. The van der Waals surface area contributed by atoms with Gasteiger partial charge in [0.1, 0.15) is 0 Å². The topological polar surface area (TPSA) is 50.2 Å². The fourth-order valence-electron chi connectivity index (χ4n) is 2.82. The summed E-state index contributed by atoms with van der Waals surface area (Å²) < 4.78 is 26.3. The molecule has 0 bridgehead atoms. The van der Waals surface area contributed by atoms with Crippen LogP contribution in [0.15, 0.2) is 42.7 Å². The van der Waals surface area contributed by atoms with Gasteiger partial charge in [0.15, 0.2) is 0 Å². The maximum atomic E-state index is 12.2. The van der Waals surface area contributed by atoms with E-state index < -0.39 is 6.43 Å².